The van der Waals surface area contributed by atoms with Gasteiger partial charge in [-0.1, -0.05) is 6.92 Å². The van der Waals surface area contributed by atoms with Gasteiger partial charge in [0, 0.05) is 31.0 Å². The number of hydrogen-bond donors (Lipinski definition) is 2. The molecular formula is C17H20F2N6O2. The normalized spacial score (nSPS) is 22.8. The summed E-state index contributed by atoms with van der Waals surface area (Å²) in [4.78, 5) is 14.2. The predicted octanol–water partition coefficient (Wildman–Crippen LogP) is 1.81. The Bertz CT molecular complexity index is 837. The summed E-state index contributed by atoms with van der Waals surface area (Å²) in [7, 11) is 2.89. The van der Waals surface area contributed by atoms with Gasteiger partial charge in [0.1, 0.15) is 11.6 Å². The van der Waals surface area contributed by atoms with Crippen LogP contribution in [0.15, 0.2) is 35.0 Å². The monoisotopic (exact) mass is 378 g/mol. The average molecular weight is 378 g/mol. The third kappa shape index (κ3) is 3.74. The number of ether oxygens (including phenoxy) is 2. The highest BCUT2D eigenvalue weighted by molar-refractivity contribution is 6.11. The summed E-state index contributed by atoms with van der Waals surface area (Å²) in [5, 5.41) is 10.3. The molecule has 1 fully saturated rings. The molecule has 0 bridgehead atoms. The van der Waals surface area contributed by atoms with E-state index >= 15 is 0 Å². The number of aliphatic imine (C=N–C) groups is 1. The van der Waals surface area contributed by atoms with E-state index in [1.165, 1.54) is 33.4 Å². The number of rotatable bonds is 5. The summed E-state index contributed by atoms with van der Waals surface area (Å²) < 4.78 is 38.2. The number of methoxy groups -OCH3 is 2. The Balaban J connectivity index is 2.01. The minimum absolute atomic E-state index is 0.137. The van der Waals surface area contributed by atoms with Gasteiger partial charge in [-0.15, -0.1) is 0 Å². The molecule has 0 amide bonds. The van der Waals surface area contributed by atoms with Gasteiger partial charge < -0.3 is 25.1 Å². The van der Waals surface area contributed by atoms with Gasteiger partial charge in [-0.05, 0) is 6.08 Å². The highest BCUT2D eigenvalue weighted by Crippen LogP contribution is 2.35. The maximum atomic E-state index is 14.0. The van der Waals surface area contributed by atoms with Gasteiger partial charge in [0.05, 0.1) is 32.0 Å². The highest BCUT2D eigenvalue weighted by atomic mass is 19.3. The third-order valence-electron chi connectivity index (χ3n) is 4.35. The number of alkyl halides is 2. The van der Waals surface area contributed by atoms with Crippen molar-refractivity contribution in [3.8, 4) is 11.9 Å². The summed E-state index contributed by atoms with van der Waals surface area (Å²) in [5.41, 5.74) is 0.909. The van der Waals surface area contributed by atoms with Crippen molar-refractivity contribution in [1.29, 1.82) is 5.41 Å². The maximum Gasteiger partial charge on any atom is 0.319 e. The molecular weight excluding hydrogens is 358 g/mol. The first kappa shape index (κ1) is 18.7. The van der Waals surface area contributed by atoms with E-state index in [0.717, 1.165) is 6.21 Å². The molecule has 0 spiro atoms. The Labute approximate surface area is 155 Å². The van der Waals surface area contributed by atoms with Crippen LogP contribution in [-0.4, -0.2) is 60.0 Å². The van der Waals surface area contributed by atoms with Crippen molar-refractivity contribution in [1.82, 2.24) is 20.2 Å². The van der Waals surface area contributed by atoms with Crippen molar-refractivity contribution in [2.45, 2.75) is 12.8 Å². The minimum Gasteiger partial charge on any atom is -0.480 e. The molecule has 1 aromatic rings. The van der Waals surface area contributed by atoms with Crippen molar-refractivity contribution in [2.24, 2.45) is 10.9 Å². The number of allylic oxidation sites excluding steroid dienone is 2. The number of nitrogens with one attached hydrogen (secondary N) is 2. The van der Waals surface area contributed by atoms with Crippen LogP contribution in [0.4, 0.5) is 8.78 Å². The molecule has 3 heterocycles. The van der Waals surface area contributed by atoms with E-state index in [4.69, 9.17) is 14.9 Å². The summed E-state index contributed by atoms with van der Waals surface area (Å²) in [5.74, 6) is -2.49. The second-order valence-corrected chi connectivity index (χ2v) is 6.19. The first-order chi connectivity index (χ1) is 12.9. The SMILES string of the molecule is COc1ncc(C2=N/C(=C/C=N)NC(N3CC(C)C(F)(F)C3)=C2)c(OC)n1. The highest BCUT2D eigenvalue weighted by Gasteiger charge is 2.46. The summed E-state index contributed by atoms with van der Waals surface area (Å²) in [6.45, 7) is 1.33. The molecule has 1 atom stereocenters. The number of halogens is 2. The zero-order valence-corrected chi connectivity index (χ0v) is 15.2. The number of nitrogens with zero attached hydrogens (tertiary/aromatic N) is 4. The molecule has 144 valence electrons. The van der Waals surface area contributed by atoms with E-state index < -0.39 is 18.4 Å². The van der Waals surface area contributed by atoms with Gasteiger partial charge in [0.15, 0.2) is 0 Å². The zero-order chi connectivity index (χ0) is 19.6. The quantitative estimate of drug-likeness (QED) is 0.759. The number of aromatic nitrogens is 2. The van der Waals surface area contributed by atoms with Crippen LogP contribution in [0.3, 0.4) is 0 Å². The van der Waals surface area contributed by atoms with Crippen LogP contribution in [0.25, 0.3) is 0 Å². The predicted molar refractivity (Wildman–Crippen MR) is 95.4 cm³/mol. The summed E-state index contributed by atoms with van der Waals surface area (Å²) in [6, 6.07) is 0.137. The molecule has 27 heavy (non-hydrogen) atoms. The Morgan fingerprint density at radius 1 is 1.37 bits per heavy atom. The molecule has 10 heteroatoms. The Morgan fingerprint density at radius 3 is 2.74 bits per heavy atom. The second-order valence-electron chi connectivity index (χ2n) is 6.19. The van der Waals surface area contributed by atoms with Gasteiger partial charge >= 0.3 is 6.01 Å². The molecule has 1 saturated heterocycles. The molecule has 0 saturated carbocycles. The topological polar surface area (TPSA) is 95.7 Å². The van der Waals surface area contributed by atoms with E-state index in [0.29, 0.717) is 22.9 Å². The molecule has 1 aromatic heterocycles. The molecule has 0 aliphatic carbocycles. The zero-order valence-electron chi connectivity index (χ0n) is 15.2. The van der Waals surface area contributed by atoms with E-state index in [9.17, 15) is 8.78 Å². The van der Waals surface area contributed by atoms with Crippen LogP contribution >= 0.6 is 0 Å². The molecule has 1 unspecified atom stereocenters. The molecule has 8 nitrogen and oxygen atoms in total. The van der Waals surface area contributed by atoms with E-state index in [-0.39, 0.29) is 18.4 Å². The van der Waals surface area contributed by atoms with Crippen LogP contribution in [0.2, 0.25) is 0 Å². The standard InChI is InChI=1S/C17H20F2N6O2/c1-10-8-25(9-17(10,18)19)14-6-12(22-13(23-14)4-5-20)11-7-21-16(27-3)24-15(11)26-2/h4-7,10,20,23H,8-9H2,1-3H3/b13-4-,20-5?. The fraction of sp³-hybridized carbons (Fsp3) is 0.412. The average Bonchev–Trinajstić information content (AvgIpc) is 2.94. The van der Waals surface area contributed by atoms with Crippen LogP contribution in [0.5, 0.6) is 11.9 Å². The number of likely N-dealkylation sites (tertiary alicyclic amines) is 1. The van der Waals surface area contributed by atoms with Crippen molar-refractivity contribution < 1.29 is 18.3 Å². The minimum atomic E-state index is -2.77. The van der Waals surface area contributed by atoms with Crippen LogP contribution in [0.1, 0.15) is 12.5 Å². The van der Waals surface area contributed by atoms with Crippen molar-refractivity contribution in [3.05, 3.63) is 35.6 Å². The van der Waals surface area contributed by atoms with Crippen LogP contribution < -0.4 is 14.8 Å². The second kappa shape index (κ2) is 7.29. The third-order valence-corrected chi connectivity index (χ3v) is 4.35. The van der Waals surface area contributed by atoms with Crippen molar-refractivity contribution >= 4 is 11.9 Å². The fourth-order valence-electron chi connectivity index (χ4n) is 2.86. The lowest BCUT2D eigenvalue weighted by Gasteiger charge is -2.26. The first-order valence-electron chi connectivity index (χ1n) is 8.24. The molecule has 2 aliphatic rings. The Morgan fingerprint density at radius 2 is 2.15 bits per heavy atom. The molecule has 2 aliphatic heterocycles. The van der Waals surface area contributed by atoms with E-state index in [2.05, 4.69) is 20.3 Å². The van der Waals surface area contributed by atoms with Crippen LogP contribution in [0, 0.1) is 11.3 Å². The van der Waals surface area contributed by atoms with Gasteiger partial charge in [-0.25, -0.2) is 18.8 Å². The maximum absolute atomic E-state index is 14.0. The van der Waals surface area contributed by atoms with Gasteiger partial charge in [-0.3, -0.25) is 0 Å². The largest absolute Gasteiger partial charge is 0.480 e. The fourth-order valence-corrected chi connectivity index (χ4v) is 2.86. The summed E-state index contributed by atoms with van der Waals surface area (Å²) in [6.07, 6.45) is 5.63. The van der Waals surface area contributed by atoms with E-state index in [1.807, 2.05) is 0 Å². The lowest BCUT2D eigenvalue weighted by atomic mass is 10.1. The van der Waals surface area contributed by atoms with Gasteiger partial charge in [-0.2, -0.15) is 4.98 Å². The Kier molecular flexibility index (Phi) is 5.06. The molecule has 0 radical (unpaired) electrons. The molecule has 3 rings (SSSR count). The number of hydrogen-bond acceptors (Lipinski definition) is 8. The first-order valence-corrected chi connectivity index (χ1v) is 8.24. The lowest BCUT2D eigenvalue weighted by Crippen LogP contribution is -2.34. The van der Waals surface area contributed by atoms with Gasteiger partial charge in [0.25, 0.3) is 5.92 Å². The molecule has 0 aromatic carbocycles. The Hall–Kier alpha value is -3.04. The van der Waals surface area contributed by atoms with Gasteiger partial charge in [0.2, 0.25) is 5.88 Å². The van der Waals surface area contributed by atoms with Crippen molar-refractivity contribution in [3.63, 3.8) is 0 Å². The van der Waals surface area contributed by atoms with Crippen LogP contribution in [-0.2, 0) is 0 Å². The summed E-state index contributed by atoms with van der Waals surface area (Å²) >= 11 is 0. The van der Waals surface area contributed by atoms with E-state index in [1.54, 1.807) is 11.0 Å². The van der Waals surface area contributed by atoms with Crippen molar-refractivity contribution in [2.75, 3.05) is 27.3 Å². The molecule has 2 N–H and O–H groups in total. The smallest absolute Gasteiger partial charge is 0.319 e. The lowest BCUT2D eigenvalue weighted by molar-refractivity contribution is -0.0196.